The zero-order valence-electron chi connectivity index (χ0n) is 13.8. The number of hydrogen-bond donors (Lipinski definition) is 2. The van der Waals surface area contributed by atoms with Crippen molar-refractivity contribution in [3.8, 4) is 0 Å². The highest BCUT2D eigenvalue weighted by atomic mass is 32.2. The second-order valence-electron chi connectivity index (χ2n) is 6.47. The lowest BCUT2D eigenvalue weighted by Crippen LogP contribution is -2.28. The maximum absolute atomic E-state index is 12.6. The molecular formula is C17H20N2O4S. The number of rotatable bonds is 5. The summed E-state index contributed by atoms with van der Waals surface area (Å²) >= 11 is 0. The van der Waals surface area contributed by atoms with Gasteiger partial charge in [-0.2, -0.15) is 0 Å². The molecule has 1 aromatic heterocycles. The van der Waals surface area contributed by atoms with E-state index in [1.807, 2.05) is 0 Å². The Bertz CT molecular complexity index is 884. The number of benzene rings is 1. The highest BCUT2D eigenvalue weighted by molar-refractivity contribution is 7.89. The average molecular weight is 348 g/mol. The summed E-state index contributed by atoms with van der Waals surface area (Å²) in [5.74, 6) is 0.597. The number of hydrogen-bond acceptors (Lipinski definition) is 4. The van der Waals surface area contributed by atoms with Crippen LogP contribution in [0.1, 0.15) is 30.7 Å². The zero-order valence-corrected chi connectivity index (χ0v) is 14.7. The molecular weight excluding hydrogens is 328 g/mol. The number of fused-ring (bicyclic) bond motifs is 1. The van der Waals surface area contributed by atoms with Crippen LogP contribution < -0.4 is 10.0 Å². The lowest BCUT2D eigenvalue weighted by molar-refractivity contribution is -0.119. The van der Waals surface area contributed by atoms with E-state index in [2.05, 4.69) is 10.0 Å². The monoisotopic (exact) mass is 348 g/mol. The fourth-order valence-electron chi connectivity index (χ4n) is 2.81. The van der Waals surface area contributed by atoms with Crippen LogP contribution in [0.4, 0.5) is 5.69 Å². The van der Waals surface area contributed by atoms with Gasteiger partial charge in [0, 0.05) is 18.7 Å². The highest BCUT2D eigenvalue weighted by Gasteiger charge is 2.40. The molecule has 2 aromatic rings. The van der Waals surface area contributed by atoms with Gasteiger partial charge in [0.1, 0.15) is 5.76 Å². The predicted molar refractivity (Wildman–Crippen MR) is 90.4 cm³/mol. The molecule has 2 heterocycles. The van der Waals surface area contributed by atoms with E-state index in [4.69, 9.17) is 4.42 Å². The SMILES string of the molecule is Cc1cc(S(=O)(=O)NCCc2ccco2)cc2c1NC(=O)C2(C)C. The van der Waals surface area contributed by atoms with Crippen LogP contribution in [0.15, 0.2) is 39.8 Å². The molecule has 6 nitrogen and oxygen atoms in total. The standard InChI is InChI=1S/C17H20N2O4S/c1-11-9-13(10-14-15(11)19-16(20)17(14,2)3)24(21,22)18-7-6-12-5-4-8-23-12/h4-5,8-10,18H,6-7H2,1-3H3,(H,19,20). The van der Waals surface area contributed by atoms with E-state index in [1.165, 1.54) is 0 Å². The second-order valence-corrected chi connectivity index (χ2v) is 8.24. The van der Waals surface area contributed by atoms with Crippen LogP contribution >= 0.6 is 0 Å². The molecule has 0 aliphatic carbocycles. The molecule has 1 aliphatic heterocycles. The Morgan fingerprint density at radius 3 is 2.71 bits per heavy atom. The normalized spacial score (nSPS) is 16.0. The summed E-state index contributed by atoms with van der Waals surface area (Å²) in [5.41, 5.74) is 1.40. The van der Waals surface area contributed by atoms with Crippen LogP contribution in [-0.4, -0.2) is 20.9 Å². The van der Waals surface area contributed by atoms with Gasteiger partial charge in [-0.05, 0) is 56.2 Å². The minimum atomic E-state index is -3.66. The molecule has 7 heteroatoms. The topological polar surface area (TPSA) is 88.4 Å². The lowest BCUT2D eigenvalue weighted by atomic mass is 9.85. The minimum Gasteiger partial charge on any atom is -0.469 e. The highest BCUT2D eigenvalue weighted by Crippen LogP contribution is 2.40. The van der Waals surface area contributed by atoms with Crippen LogP contribution in [0, 0.1) is 6.92 Å². The number of amides is 1. The molecule has 1 amide bonds. The fourth-order valence-corrected chi connectivity index (χ4v) is 3.95. The summed E-state index contributed by atoms with van der Waals surface area (Å²) < 4.78 is 32.9. The van der Waals surface area contributed by atoms with Crippen LogP contribution in [0.2, 0.25) is 0 Å². The molecule has 1 aliphatic rings. The zero-order chi connectivity index (χ0) is 17.5. The molecule has 3 rings (SSSR count). The predicted octanol–water partition coefficient (Wildman–Crippen LogP) is 2.34. The summed E-state index contributed by atoms with van der Waals surface area (Å²) in [5, 5.41) is 2.83. The van der Waals surface area contributed by atoms with Crippen molar-refractivity contribution in [2.75, 3.05) is 11.9 Å². The quantitative estimate of drug-likeness (QED) is 0.868. The van der Waals surface area contributed by atoms with Crippen LogP contribution in [0.25, 0.3) is 0 Å². The summed E-state index contributed by atoms with van der Waals surface area (Å²) in [6.45, 7) is 5.61. The largest absolute Gasteiger partial charge is 0.469 e. The third-order valence-corrected chi connectivity index (χ3v) is 5.78. The number of nitrogens with one attached hydrogen (secondary N) is 2. The van der Waals surface area contributed by atoms with Crippen molar-refractivity contribution in [2.45, 2.75) is 37.5 Å². The third kappa shape index (κ3) is 2.85. The Morgan fingerprint density at radius 2 is 2.04 bits per heavy atom. The molecule has 0 bridgehead atoms. The smallest absolute Gasteiger partial charge is 0.240 e. The van der Waals surface area contributed by atoms with Crippen LogP contribution in [0.5, 0.6) is 0 Å². The van der Waals surface area contributed by atoms with Gasteiger partial charge in [-0.1, -0.05) is 0 Å². The van der Waals surface area contributed by atoms with Crippen LogP contribution in [-0.2, 0) is 26.7 Å². The molecule has 0 unspecified atom stereocenters. The van der Waals surface area contributed by atoms with E-state index in [0.29, 0.717) is 17.7 Å². The van der Waals surface area contributed by atoms with Gasteiger partial charge in [0.2, 0.25) is 15.9 Å². The number of aryl methyl sites for hydroxylation is 1. The molecule has 24 heavy (non-hydrogen) atoms. The summed E-state index contributed by atoms with van der Waals surface area (Å²) in [6.07, 6.45) is 2.03. The Kier molecular flexibility index (Phi) is 4.01. The molecule has 0 radical (unpaired) electrons. The third-order valence-electron chi connectivity index (χ3n) is 4.34. The summed E-state index contributed by atoms with van der Waals surface area (Å²) in [7, 11) is -3.66. The van der Waals surface area contributed by atoms with Crippen LogP contribution in [0.3, 0.4) is 0 Å². The second kappa shape index (κ2) is 5.75. The Labute approximate surface area is 141 Å². The van der Waals surface area contributed by atoms with Gasteiger partial charge in [-0.3, -0.25) is 4.79 Å². The van der Waals surface area contributed by atoms with Crippen molar-refractivity contribution < 1.29 is 17.6 Å². The average Bonchev–Trinajstić information content (AvgIpc) is 3.08. The fraction of sp³-hybridized carbons (Fsp3) is 0.353. The van der Waals surface area contributed by atoms with E-state index in [9.17, 15) is 13.2 Å². The number of carbonyl (C=O) groups is 1. The molecule has 128 valence electrons. The number of furan rings is 1. The Balaban J connectivity index is 1.85. The first kappa shape index (κ1) is 16.7. The first-order valence-electron chi connectivity index (χ1n) is 7.70. The molecule has 0 saturated heterocycles. The molecule has 0 fully saturated rings. The van der Waals surface area contributed by atoms with Gasteiger partial charge in [-0.15, -0.1) is 0 Å². The van der Waals surface area contributed by atoms with Crippen molar-refractivity contribution in [3.05, 3.63) is 47.4 Å². The van der Waals surface area contributed by atoms with E-state index in [1.54, 1.807) is 51.3 Å². The van der Waals surface area contributed by atoms with E-state index in [-0.39, 0.29) is 17.3 Å². The maximum Gasteiger partial charge on any atom is 0.240 e. The van der Waals surface area contributed by atoms with Crippen molar-refractivity contribution in [2.24, 2.45) is 0 Å². The van der Waals surface area contributed by atoms with Gasteiger partial charge in [0.05, 0.1) is 16.6 Å². The van der Waals surface area contributed by atoms with Gasteiger partial charge >= 0.3 is 0 Å². The molecule has 0 spiro atoms. The van der Waals surface area contributed by atoms with E-state index >= 15 is 0 Å². The summed E-state index contributed by atoms with van der Waals surface area (Å²) in [4.78, 5) is 12.3. The Morgan fingerprint density at radius 1 is 1.29 bits per heavy atom. The van der Waals surface area contributed by atoms with Crippen molar-refractivity contribution >= 4 is 21.6 Å². The summed E-state index contributed by atoms with van der Waals surface area (Å²) in [6, 6.07) is 6.72. The van der Waals surface area contributed by atoms with E-state index in [0.717, 1.165) is 11.3 Å². The van der Waals surface area contributed by atoms with Crippen molar-refractivity contribution in [1.82, 2.24) is 4.72 Å². The maximum atomic E-state index is 12.6. The van der Waals surface area contributed by atoms with E-state index < -0.39 is 15.4 Å². The van der Waals surface area contributed by atoms with Crippen molar-refractivity contribution in [3.63, 3.8) is 0 Å². The number of anilines is 1. The first-order chi connectivity index (χ1) is 11.2. The van der Waals surface area contributed by atoms with Gasteiger partial charge < -0.3 is 9.73 Å². The van der Waals surface area contributed by atoms with Gasteiger partial charge in [-0.25, -0.2) is 13.1 Å². The molecule has 1 aromatic carbocycles. The van der Waals surface area contributed by atoms with Gasteiger partial charge in [0.25, 0.3) is 0 Å². The number of carbonyl (C=O) groups excluding carboxylic acids is 1. The van der Waals surface area contributed by atoms with Crippen molar-refractivity contribution in [1.29, 1.82) is 0 Å². The first-order valence-corrected chi connectivity index (χ1v) is 9.19. The molecule has 2 N–H and O–H groups in total. The molecule has 0 atom stereocenters. The lowest BCUT2D eigenvalue weighted by Gasteiger charge is -2.17. The van der Waals surface area contributed by atoms with Gasteiger partial charge in [0.15, 0.2) is 0 Å². The number of sulfonamides is 1. The molecule has 0 saturated carbocycles. The Hall–Kier alpha value is -2.12. The minimum absolute atomic E-state index is 0.124.